The van der Waals surface area contributed by atoms with E-state index in [9.17, 15) is 15.2 Å². The van der Waals surface area contributed by atoms with Crippen LogP contribution in [0.15, 0.2) is 35.7 Å². The van der Waals surface area contributed by atoms with Crippen LogP contribution < -0.4 is 10.6 Å². The number of carboxylic acid groups (broad SMARTS) is 1. The Bertz CT molecular complexity index is 1400. The SMILES string of the molecule is N#Cc1sccc1-c1c(-c2cccc(C3CC3C(=O)O)c2)n(SC2CC2)c2c1=CCCC=2. The molecule has 3 aromatic rings. The van der Waals surface area contributed by atoms with Crippen molar-refractivity contribution in [2.75, 3.05) is 0 Å². The number of nitrogens with zero attached hydrogens (tertiary/aromatic N) is 2. The molecule has 0 spiro atoms. The first-order chi connectivity index (χ1) is 15.7. The topological polar surface area (TPSA) is 66.0 Å². The van der Waals surface area contributed by atoms with Gasteiger partial charge in [-0.15, -0.1) is 11.3 Å². The molecule has 0 saturated heterocycles. The summed E-state index contributed by atoms with van der Waals surface area (Å²) in [5, 5.41) is 24.3. The Kier molecular flexibility index (Phi) is 4.78. The minimum Gasteiger partial charge on any atom is -0.481 e. The van der Waals surface area contributed by atoms with Crippen LogP contribution >= 0.6 is 23.3 Å². The second-order valence-electron chi connectivity index (χ2n) is 8.79. The van der Waals surface area contributed by atoms with Crippen LogP contribution in [0, 0.1) is 17.2 Å². The largest absolute Gasteiger partial charge is 0.481 e. The van der Waals surface area contributed by atoms with Crippen molar-refractivity contribution < 1.29 is 9.90 Å². The third-order valence-corrected chi connectivity index (χ3v) is 8.75. The number of fused-ring (bicyclic) bond motifs is 1. The molecule has 1 aromatic carbocycles. The van der Waals surface area contributed by atoms with Crippen molar-refractivity contribution in [1.29, 1.82) is 5.26 Å². The molecule has 0 radical (unpaired) electrons. The quantitative estimate of drug-likeness (QED) is 0.567. The Morgan fingerprint density at radius 2 is 2.06 bits per heavy atom. The molecule has 2 aromatic heterocycles. The van der Waals surface area contributed by atoms with Crippen LogP contribution in [0.4, 0.5) is 0 Å². The molecular formula is C26H22N2O2S2. The van der Waals surface area contributed by atoms with Gasteiger partial charge in [0.2, 0.25) is 0 Å². The van der Waals surface area contributed by atoms with Crippen molar-refractivity contribution in [1.82, 2.24) is 3.97 Å². The fourth-order valence-electron chi connectivity index (χ4n) is 4.75. The number of hydrogen-bond donors (Lipinski definition) is 1. The predicted molar refractivity (Wildman–Crippen MR) is 130 cm³/mol. The Morgan fingerprint density at radius 1 is 1.22 bits per heavy atom. The number of nitriles is 1. The van der Waals surface area contributed by atoms with Crippen molar-refractivity contribution in [3.05, 3.63) is 56.7 Å². The smallest absolute Gasteiger partial charge is 0.307 e. The molecule has 2 unspecified atom stereocenters. The first-order valence-corrected chi connectivity index (χ1v) is 12.8. The molecule has 0 bridgehead atoms. The van der Waals surface area contributed by atoms with Crippen LogP contribution in [-0.2, 0) is 4.79 Å². The van der Waals surface area contributed by atoms with Crippen LogP contribution in [0.3, 0.4) is 0 Å². The third-order valence-electron chi connectivity index (χ3n) is 6.57. The van der Waals surface area contributed by atoms with Gasteiger partial charge in [0.25, 0.3) is 0 Å². The Balaban J connectivity index is 1.60. The number of benzene rings is 1. The molecule has 1 N–H and O–H groups in total. The molecule has 0 amide bonds. The lowest BCUT2D eigenvalue weighted by Gasteiger charge is -2.13. The van der Waals surface area contributed by atoms with Gasteiger partial charge in [-0.3, -0.25) is 8.77 Å². The summed E-state index contributed by atoms with van der Waals surface area (Å²) >= 11 is 3.39. The van der Waals surface area contributed by atoms with Crippen LogP contribution in [-0.4, -0.2) is 20.3 Å². The summed E-state index contributed by atoms with van der Waals surface area (Å²) in [6.07, 6.45) is 9.87. The van der Waals surface area contributed by atoms with E-state index in [0.717, 1.165) is 45.7 Å². The maximum atomic E-state index is 11.5. The van der Waals surface area contributed by atoms with E-state index in [4.69, 9.17) is 0 Å². The van der Waals surface area contributed by atoms with Gasteiger partial charge in [-0.25, -0.2) is 0 Å². The van der Waals surface area contributed by atoms with Crippen molar-refractivity contribution >= 4 is 41.4 Å². The first-order valence-electron chi connectivity index (χ1n) is 11.1. The third kappa shape index (κ3) is 3.32. The standard InChI is InChI=1S/C26H22N2O2S2/c27-14-23-19(10-11-31-23)24-18-6-1-2-7-22(18)28(32-17-8-9-17)25(24)16-5-3-4-15(12-16)20-13-21(20)26(29)30/h3-7,10-12,17,20-21H,1-2,8-9,13H2,(H,29,30). The molecule has 2 heterocycles. The Hall–Kier alpha value is -2.75. The Labute approximate surface area is 194 Å². The summed E-state index contributed by atoms with van der Waals surface area (Å²) in [4.78, 5) is 12.2. The van der Waals surface area contributed by atoms with Gasteiger partial charge in [-0.05, 0) is 78.6 Å². The average molecular weight is 459 g/mol. The number of hydrogen-bond acceptors (Lipinski definition) is 4. The zero-order valence-corrected chi connectivity index (χ0v) is 19.1. The van der Waals surface area contributed by atoms with Gasteiger partial charge < -0.3 is 5.11 Å². The van der Waals surface area contributed by atoms with E-state index >= 15 is 0 Å². The lowest BCUT2D eigenvalue weighted by Crippen LogP contribution is -2.29. The lowest BCUT2D eigenvalue weighted by atomic mass is 9.97. The number of rotatable bonds is 6. The number of thiophene rings is 1. The summed E-state index contributed by atoms with van der Waals surface area (Å²) in [5.41, 5.74) is 5.50. The van der Waals surface area contributed by atoms with Crippen molar-refractivity contribution in [3.63, 3.8) is 0 Å². The van der Waals surface area contributed by atoms with Crippen LogP contribution in [0.25, 0.3) is 34.5 Å². The highest BCUT2D eigenvalue weighted by Gasteiger charge is 2.44. The molecule has 160 valence electrons. The molecule has 4 nitrogen and oxygen atoms in total. The number of carboxylic acids is 1. The maximum absolute atomic E-state index is 11.5. The minimum absolute atomic E-state index is 0.0963. The maximum Gasteiger partial charge on any atom is 0.307 e. The average Bonchev–Trinajstić information content (AvgIpc) is 3.72. The molecule has 3 aliphatic rings. The van der Waals surface area contributed by atoms with E-state index in [1.807, 2.05) is 17.3 Å². The van der Waals surface area contributed by atoms with Gasteiger partial charge in [-0.1, -0.05) is 30.4 Å². The summed E-state index contributed by atoms with van der Waals surface area (Å²) in [6.45, 7) is 0. The molecular weight excluding hydrogens is 436 g/mol. The van der Waals surface area contributed by atoms with E-state index in [-0.39, 0.29) is 11.8 Å². The minimum atomic E-state index is -0.703. The summed E-state index contributed by atoms with van der Waals surface area (Å²) in [5.74, 6) is -0.876. The monoisotopic (exact) mass is 458 g/mol. The van der Waals surface area contributed by atoms with Gasteiger partial charge >= 0.3 is 5.97 Å². The van der Waals surface area contributed by atoms with E-state index < -0.39 is 5.97 Å². The molecule has 3 aliphatic carbocycles. The molecule has 6 heteroatoms. The zero-order valence-electron chi connectivity index (χ0n) is 17.5. The fraction of sp³-hybridized carbons (Fsp3) is 0.308. The normalized spacial score (nSPS) is 21.2. The van der Waals surface area contributed by atoms with Gasteiger partial charge in [0.15, 0.2) is 0 Å². The van der Waals surface area contributed by atoms with Crippen LogP contribution in [0.5, 0.6) is 0 Å². The van der Waals surface area contributed by atoms with E-state index in [1.54, 1.807) is 0 Å². The number of aromatic nitrogens is 1. The first kappa shape index (κ1) is 19.9. The number of aliphatic carboxylic acids is 1. The van der Waals surface area contributed by atoms with Crippen LogP contribution in [0.2, 0.25) is 0 Å². The van der Waals surface area contributed by atoms with Crippen molar-refractivity contribution in [2.45, 2.75) is 43.3 Å². The molecule has 2 fully saturated rings. The van der Waals surface area contributed by atoms with Gasteiger partial charge in [0, 0.05) is 21.6 Å². The van der Waals surface area contributed by atoms with Crippen molar-refractivity contribution in [2.24, 2.45) is 5.92 Å². The second-order valence-corrected chi connectivity index (χ2v) is 11.0. The molecule has 6 rings (SSSR count). The predicted octanol–water partition coefficient (Wildman–Crippen LogP) is 4.96. The molecule has 2 saturated carbocycles. The summed E-state index contributed by atoms with van der Waals surface area (Å²) < 4.78 is 2.40. The van der Waals surface area contributed by atoms with E-state index in [1.165, 1.54) is 34.7 Å². The van der Waals surface area contributed by atoms with Gasteiger partial charge in [-0.2, -0.15) is 5.26 Å². The lowest BCUT2D eigenvalue weighted by molar-refractivity contribution is -0.138. The number of carbonyl (C=O) groups is 1. The van der Waals surface area contributed by atoms with E-state index in [0.29, 0.717) is 11.7 Å². The molecule has 0 aliphatic heterocycles. The highest BCUT2D eigenvalue weighted by Crippen LogP contribution is 2.49. The highest BCUT2D eigenvalue weighted by atomic mass is 32.2. The van der Waals surface area contributed by atoms with Gasteiger partial charge in [0.1, 0.15) is 10.9 Å². The second kappa shape index (κ2) is 7.68. The molecule has 2 atom stereocenters. The highest BCUT2D eigenvalue weighted by molar-refractivity contribution is 7.98. The van der Waals surface area contributed by atoms with Crippen molar-refractivity contribution in [3.8, 4) is 28.5 Å². The summed E-state index contributed by atoms with van der Waals surface area (Å²) in [6, 6.07) is 12.9. The Morgan fingerprint density at radius 3 is 2.81 bits per heavy atom. The molecule has 32 heavy (non-hydrogen) atoms. The van der Waals surface area contributed by atoms with Gasteiger partial charge in [0.05, 0.1) is 17.0 Å². The zero-order chi connectivity index (χ0) is 21.8. The van der Waals surface area contributed by atoms with E-state index in [2.05, 4.69) is 52.5 Å². The summed E-state index contributed by atoms with van der Waals surface area (Å²) in [7, 11) is 0. The van der Waals surface area contributed by atoms with Crippen LogP contribution in [0.1, 0.15) is 48.5 Å². The fourth-order valence-corrected chi connectivity index (χ4v) is 6.67.